The van der Waals surface area contributed by atoms with Gasteiger partial charge in [-0.2, -0.15) is 11.8 Å². The van der Waals surface area contributed by atoms with Crippen LogP contribution in [0.1, 0.15) is 36.5 Å². The number of hydrogen-bond donors (Lipinski definition) is 2. The van der Waals surface area contributed by atoms with Crippen molar-refractivity contribution in [2.75, 3.05) is 12.3 Å². The van der Waals surface area contributed by atoms with Crippen LogP contribution < -0.4 is 10.5 Å². The van der Waals surface area contributed by atoms with Gasteiger partial charge in [0.05, 0.1) is 0 Å². The van der Waals surface area contributed by atoms with E-state index in [9.17, 15) is 0 Å². The van der Waals surface area contributed by atoms with E-state index in [2.05, 4.69) is 65.4 Å². The van der Waals surface area contributed by atoms with Gasteiger partial charge in [0.2, 0.25) is 0 Å². The molecule has 1 aliphatic rings. The van der Waals surface area contributed by atoms with E-state index in [4.69, 9.17) is 5.73 Å². The van der Waals surface area contributed by atoms with Crippen molar-refractivity contribution in [2.45, 2.75) is 30.9 Å². The van der Waals surface area contributed by atoms with Crippen molar-refractivity contribution in [2.24, 2.45) is 5.73 Å². The summed E-state index contributed by atoms with van der Waals surface area (Å²) in [5.74, 6) is 1.29. The first kappa shape index (κ1) is 18.4. The third-order valence-corrected chi connectivity index (χ3v) is 6.60. The summed E-state index contributed by atoms with van der Waals surface area (Å²) in [5, 5.41) is 2.06. The molecule has 2 aromatic rings. The topological polar surface area (TPSA) is 50.9 Å². The van der Waals surface area contributed by atoms with Gasteiger partial charge in [-0.15, -0.1) is 0 Å². The van der Waals surface area contributed by atoms with Crippen LogP contribution >= 0.6 is 23.7 Å². The summed E-state index contributed by atoms with van der Waals surface area (Å²) in [6.07, 6.45) is 4.62. The molecular formula is C20H25N3S2. The third kappa shape index (κ3) is 4.81. The lowest BCUT2D eigenvalue weighted by Gasteiger charge is -2.34. The number of thioether (sulfide) groups is 1. The molecular weight excluding hydrogens is 346 g/mol. The zero-order chi connectivity index (χ0) is 17.7. The lowest BCUT2D eigenvalue weighted by atomic mass is 9.85. The summed E-state index contributed by atoms with van der Waals surface area (Å²) in [6, 6.07) is 13.1. The minimum Gasteiger partial charge on any atom is -0.401 e. The van der Waals surface area contributed by atoms with E-state index in [-0.39, 0.29) is 10.7 Å². The fraction of sp³-hybridized carbons (Fsp3) is 0.350. The maximum absolute atomic E-state index is 6.47. The van der Waals surface area contributed by atoms with Crippen LogP contribution in [0.25, 0.3) is 0 Å². The highest BCUT2D eigenvalue weighted by Gasteiger charge is 2.33. The van der Waals surface area contributed by atoms with Crippen molar-refractivity contribution >= 4 is 23.7 Å². The monoisotopic (exact) mass is 371 g/mol. The van der Waals surface area contributed by atoms with Gasteiger partial charge >= 0.3 is 0 Å². The van der Waals surface area contributed by atoms with E-state index in [1.165, 1.54) is 16.7 Å². The van der Waals surface area contributed by atoms with Gasteiger partial charge in [0, 0.05) is 46.5 Å². The number of allylic oxidation sites excluding steroid dienone is 1. The summed E-state index contributed by atoms with van der Waals surface area (Å²) < 4.78 is 3.39. The van der Waals surface area contributed by atoms with Crippen molar-refractivity contribution in [3.05, 3.63) is 76.6 Å². The number of nitrogens with one attached hydrogen (secondary N) is 1. The molecule has 3 nitrogen and oxygen atoms in total. The summed E-state index contributed by atoms with van der Waals surface area (Å²) in [7, 11) is 0. The van der Waals surface area contributed by atoms with Crippen molar-refractivity contribution in [1.82, 2.24) is 9.71 Å². The van der Waals surface area contributed by atoms with Gasteiger partial charge in [0.1, 0.15) is 0 Å². The van der Waals surface area contributed by atoms with Crippen LogP contribution in [0.3, 0.4) is 0 Å². The number of nitrogens with zero attached hydrogens (tertiary/aromatic N) is 1. The van der Waals surface area contributed by atoms with Gasteiger partial charge in [-0.3, -0.25) is 9.71 Å². The smallest absolute Gasteiger partial charge is 0.0382 e. The Morgan fingerprint density at radius 3 is 2.52 bits per heavy atom. The first-order valence-corrected chi connectivity index (χ1v) is 10.4. The van der Waals surface area contributed by atoms with Crippen LogP contribution in [0.2, 0.25) is 0 Å². The van der Waals surface area contributed by atoms with E-state index in [0.717, 1.165) is 24.4 Å². The number of rotatable bonds is 3. The lowest BCUT2D eigenvalue weighted by Crippen LogP contribution is -2.30. The minimum atomic E-state index is 0.0553. The van der Waals surface area contributed by atoms with Gasteiger partial charge in [-0.1, -0.05) is 36.2 Å². The second kappa shape index (κ2) is 8.30. The van der Waals surface area contributed by atoms with E-state index in [0.29, 0.717) is 0 Å². The van der Waals surface area contributed by atoms with Crippen LogP contribution in [0.4, 0.5) is 0 Å². The Morgan fingerprint density at radius 2 is 1.80 bits per heavy atom. The number of pyridine rings is 1. The molecule has 25 heavy (non-hydrogen) atoms. The molecule has 1 aliphatic heterocycles. The average Bonchev–Trinajstić information content (AvgIpc) is 2.66. The summed E-state index contributed by atoms with van der Waals surface area (Å²) >= 11 is 3.58. The van der Waals surface area contributed by atoms with Crippen LogP contribution in [0.5, 0.6) is 0 Å². The van der Waals surface area contributed by atoms with E-state index in [1.54, 1.807) is 11.9 Å². The Balaban J connectivity index is 1.84. The zero-order valence-electron chi connectivity index (χ0n) is 14.7. The van der Waals surface area contributed by atoms with Crippen molar-refractivity contribution in [1.29, 1.82) is 0 Å². The van der Waals surface area contributed by atoms with Crippen LogP contribution in [-0.4, -0.2) is 22.0 Å². The van der Waals surface area contributed by atoms with Crippen LogP contribution in [-0.2, 0) is 6.42 Å². The molecule has 3 rings (SSSR count). The molecule has 5 heteroatoms. The maximum Gasteiger partial charge on any atom is 0.0382 e. The SMILES string of the molecule is CC1(C)SCCNS/C=C(/N)C1c1ccc(Cc2ccncc2)cc1. The van der Waals surface area contributed by atoms with Gasteiger partial charge in [-0.05, 0) is 49.1 Å². The average molecular weight is 372 g/mol. The molecule has 1 aromatic carbocycles. The highest BCUT2D eigenvalue weighted by Crippen LogP contribution is 2.43. The van der Waals surface area contributed by atoms with Crippen molar-refractivity contribution in [3.8, 4) is 0 Å². The standard InChI is InChI=1S/C20H25N3S2/c1-20(2)19(18(21)14-25-23-11-12-24-20)17-5-3-15(4-6-17)13-16-7-9-22-10-8-16/h3-10,14,19,23H,11-13,21H2,1-2H3/b18-14+. The Hall–Kier alpha value is -1.43. The Morgan fingerprint density at radius 1 is 1.12 bits per heavy atom. The Kier molecular flexibility index (Phi) is 6.10. The number of aromatic nitrogens is 1. The summed E-state index contributed by atoms with van der Waals surface area (Å²) in [6.45, 7) is 5.58. The molecule has 0 spiro atoms. The molecule has 0 fully saturated rings. The molecule has 0 saturated heterocycles. The van der Waals surface area contributed by atoms with Gasteiger partial charge < -0.3 is 5.73 Å². The van der Waals surface area contributed by atoms with Gasteiger partial charge in [-0.25, -0.2) is 0 Å². The van der Waals surface area contributed by atoms with Gasteiger partial charge in [0.15, 0.2) is 0 Å². The molecule has 0 aliphatic carbocycles. The van der Waals surface area contributed by atoms with Crippen molar-refractivity contribution in [3.63, 3.8) is 0 Å². The number of nitrogens with two attached hydrogens (primary N) is 1. The number of benzene rings is 1. The normalized spacial score (nSPS) is 23.0. The Bertz CT molecular complexity index is 711. The number of hydrogen-bond acceptors (Lipinski definition) is 5. The largest absolute Gasteiger partial charge is 0.401 e. The fourth-order valence-corrected chi connectivity index (χ4v) is 5.11. The first-order chi connectivity index (χ1) is 12.1. The lowest BCUT2D eigenvalue weighted by molar-refractivity contribution is 0.603. The predicted octanol–water partition coefficient (Wildman–Crippen LogP) is 4.32. The van der Waals surface area contributed by atoms with Crippen LogP contribution in [0, 0.1) is 0 Å². The molecule has 1 aromatic heterocycles. The van der Waals surface area contributed by atoms with E-state index in [1.807, 2.05) is 24.2 Å². The third-order valence-electron chi connectivity index (χ3n) is 4.46. The highest BCUT2D eigenvalue weighted by molar-refractivity contribution is 8.01. The zero-order valence-corrected chi connectivity index (χ0v) is 16.4. The quantitative estimate of drug-likeness (QED) is 0.787. The fourth-order valence-electron chi connectivity index (χ4n) is 3.24. The van der Waals surface area contributed by atoms with Crippen LogP contribution in [0.15, 0.2) is 59.9 Å². The second-order valence-electron chi connectivity index (χ2n) is 6.79. The van der Waals surface area contributed by atoms with Gasteiger partial charge in [0.25, 0.3) is 0 Å². The molecule has 0 saturated carbocycles. The highest BCUT2D eigenvalue weighted by atomic mass is 32.2. The van der Waals surface area contributed by atoms with Crippen molar-refractivity contribution < 1.29 is 0 Å². The molecule has 0 amide bonds. The molecule has 0 radical (unpaired) electrons. The first-order valence-electron chi connectivity index (χ1n) is 8.52. The van der Waals surface area contributed by atoms with E-state index < -0.39 is 0 Å². The minimum absolute atomic E-state index is 0.0553. The molecule has 2 heterocycles. The Labute approximate surface area is 159 Å². The predicted molar refractivity (Wildman–Crippen MR) is 111 cm³/mol. The molecule has 1 unspecified atom stereocenters. The van der Waals surface area contributed by atoms with E-state index >= 15 is 0 Å². The molecule has 1 atom stereocenters. The second-order valence-corrected chi connectivity index (χ2v) is 9.30. The molecule has 0 bridgehead atoms. The molecule has 3 N–H and O–H groups in total. The summed E-state index contributed by atoms with van der Waals surface area (Å²) in [4.78, 5) is 4.08. The summed E-state index contributed by atoms with van der Waals surface area (Å²) in [5.41, 5.74) is 11.3. The maximum atomic E-state index is 6.47. The molecule has 132 valence electrons.